The molecule has 0 bridgehead atoms. The summed E-state index contributed by atoms with van der Waals surface area (Å²) in [6, 6.07) is 23.0. The number of hydrogen-bond donors (Lipinski definition) is 0. The minimum absolute atomic E-state index is 0.131. The van der Waals surface area contributed by atoms with E-state index in [1.807, 2.05) is 41.8 Å². The zero-order valence-electron chi connectivity index (χ0n) is 23.1. The molecular weight excluding hydrogens is 613 g/mol. The highest BCUT2D eigenvalue weighted by atomic mass is 32.1. The lowest BCUT2D eigenvalue weighted by molar-refractivity contribution is 1.06. The first-order valence-corrected chi connectivity index (χ1v) is 13.7. The van der Waals surface area contributed by atoms with Gasteiger partial charge >= 0.3 is 0 Å². The lowest BCUT2D eigenvalue weighted by Crippen LogP contribution is -2.16. The largest absolute Gasteiger partial charge is 0.246 e. The first-order valence-electron chi connectivity index (χ1n) is 12.9. The van der Waals surface area contributed by atoms with Crippen molar-refractivity contribution < 1.29 is 0 Å². The van der Waals surface area contributed by atoms with Crippen molar-refractivity contribution in [3.63, 3.8) is 0 Å². The Kier molecular flexibility index (Phi) is 7.07. The lowest BCUT2D eigenvalue weighted by atomic mass is 10.0. The Morgan fingerprint density at radius 2 is 0.894 bits per heavy atom. The van der Waals surface area contributed by atoms with Crippen molar-refractivity contribution in [3.8, 4) is 48.6 Å². The topological polar surface area (TPSA) is 268 Å². The molecule has 14 nitrogen and oxygen atoms in total. The summed E-state index contributed by atoms with van der Waals surface area (Å²) in [6.45, 7) is 0. The standard InChI is InChI=1S/C32H6N14S/c33-7-18(28-22(9-35)41-26(13-39)42-23(28)10-36)20-3-1-15-16-2-4-21(46-31(16)32-17(5-6-47-32)30(15)45-20)19(8-34)29-24(11-37)43-27(14-40)44-25(29)12-38/h1-6H/b20-18-,21-19+. The Morgan fingerprint density at radius 1 is 0.468 bits per heavy atom. The second kappa shape index (κ2) is 11.5. The maximum absolute atomic E-state index is 10.2. The highest BCUT2D eigenvalue weighted by molar-refractivity contribution is 7.18. The second-order valence-electron chi connectivity index (χ2n) is 9.23. The van der Waals surface area contributed by atoms with E-state index in [9.17, 15) is 42.1 Å². The third-order valence-electron chi connectivity index (χ3n) is 6.89. The van der Waals surface area contributed by atoms with Crippen LogP contribution in [0.5, 0.6) is 0 Å². The molecule has 6 aromatic rings. The fourth-order valence-corrected chi connectivity index (χ4v) is 5.89. The predicted molar refractivity (Wildman–Crippen MR) is 160 cm³/mol. The smallest absolute Gasteiger partial charge is 0.234 e. The van der Waals surface area contributed by atoms with Crippen molar-refractivity contribution in [2.75, 3.05) is 0 Å². The van der Waals surface area contributed by atoms with Crippen molar-refractivity contribution in [1.82, 2.24) is 29.9 Å². The summed E-state index contributed by atoms with van der Waals surface area (Å²) >= 11 is 1.34. The number of rotatable bonds is 2. The van der Waals surface area contributed by atoms with Crippen molar-refractivity contribution in [2.45, 2.75) is 0 Å². The zero-order chi connectivity index (χ0) is 33.2. The van der Waals surface area contributed by atoms with E-state index in [-0.39, 0.29) is 67.4 Å². The molecule has 5 heterocycles. The summed E-state index contributed by atoms with van der Waals surface area (Å²) in [5.41, 5.74) is -0.880. The van der Waals surface area contributed by atoms with Gasteiger partial charge in [0.1, 0.15) is 48.6 Å². The Hall–Kier alpha value is -8.18. The van der Waals surface area contributed by atoms with Crippen molar-refractivity contribution in [2.24, 2.45) is 0 Å². The number of hydrogen-bond acceptors (Lipinski definition) is 15. The molecule has 0 aliphatic rings. The molecule has 210 valence electrons. The van der Waals surface area contributed by atoms with Crippen LogP contribution in [0.4, 0.5) is 0 Å². The van der Waals surface area contributed by atoms with E-state index >= 15 is 0 Å². The molecule has 6 rings (SSSR count). The van der Waals surface area contributed by atoms with Crippen LogP contribution in [0, 0.1) is 90.6 Å². The molecular formula is C32H6N14S. The van der Waals surface area contributed by atoms with Gasteiger partial charge in [-0.1, -0.05) is 0 Å². The second-order valence-corrected chi connectivity index (χ2v) is 10.1. The van der Waals surface area contributed by atoms with Crippen LogP contribution in [-0.4, -0.2) is 29.9 Å². The van der Waals surface area contributed by atoms with Gasteiger partial charge in [0.25, 0.3) is 0 Å². The lowest BCUT2D eigenvalue weighted by Gasteiger charge is -2.08. The Balaban J connectivity index is 1.70. The monoisotopic (exact) mass is 618 g/mol. The van der Waals surface area contributed by atoms with Crippen molar-refractivity contribution in [3.05, 3.63) is 92.0 Å². The molecule has 0 unspecified atom stereocenters. The molecule has 0 aliphatic heterocycles. The Morgan fingerprint density at radius 3 is 1.30 bits per heavy atom. The molecule has 0 N–H and O–H groups in total. The molecule has 0 saturated heterocycles. The number of nitriles is 8. The van der Waals surface area contributed by atoms with E-state index in [1.165, 1.54) is 23.5 Å². The highest BCUT2D eigenvalue weighted by Crippen LogP contribution is 2.35. The summed E-state index contributed by atoms with van der Waals surface area (Å²) in [7, 11) is 0. The van der Waals surface area contributed by atoms with E-state index in [1.54, 1.807) is 30.3 Å². The Labute approximate surface area is 266 Å². The maximum atomic E-state index is 10.2. The third kappa shape index (κ3) is 4.50. The van der Waals surface area contributed by atoms with Crippen LogP contribution in [0.25, 0.3) is 43.0 Å². The van der Waals surface area contributed by atoms with E-state index in [0.717, 1.165) is 0 Å². The van der Waals surface area contributed by atoms with Gasteiger partial charge in [0, 0.05) is 16.2 Å². The minimum Gasteiger partial charge on any atom is -0.246 e. The van der Waals surface area contributed by atoms with Crippen LogP contribution in [0.1, 0.15) is 45.6 Å². The summed E-state index contributed by atoms with van der Waals surface area (Å²) in [5, 5.41) is 81.5. The molecule has 0 amide bonds. The van der Waals surface area contributed by atoms with Crippen LogP contribution < -0.4 is 10.7 Å². The number of benzene rings is 1. The molecule has 0 atom stereocenters. The molecule has 0 aliphatic carbocycles. The number of thiophene rings is 1. The first-order chi connectivity index (χ1) is 22.9. The van der Waals surface area contributed by atoms with Gasteiger partial charge in [-0.05, 0) is 35.7 Å². The predicted octanol–water partition coefficient (Wildman–Crippen LogP) is 2.25. The molecule has 1 aromatic carbocycles. The average molecular weight is 619 g/mol. The summed E-state index contributed by atoms with van der Waals surface area (Å²) < 4.78 is 0.670. The summed E-state index contributed by atoms with van der Waals surface area (Å²) in [5.74, 6) is -0.777. The van der Waals surface area contributed by atoms with Gasteiger partial charge in [0.15, 0.2) is 22.8 Å². The first kappa shape index (κ1) is 28.9. The van der Waals surface area contributed by atoms with Gasteiger partial charge in [-0.25, -0.2) is 29.9 Å². The van der Waals surface area contributed by atoms with Crippen LogP contribution in [-0.2, 0) is 0 Å². The van der Waals surface area contributed by atoms with Gasteiger partial charge < -0.3 is 0 Å². The molecule has 0 spiro atoms. The third-order valence-corrected chi connectivity index (χ3v) is 7.81. The van der Waals surface area contributed by atoms with Crippen LogP contribution in [0.3, 0.4) is 0 Å². The van der Waals surface area contributed by atoms with Crippen LogP contribution in [0.2, 0.25) is 0 Å². The highest BCUT2D eigenvalue weighted by Gasteiger charge is 2.22. The van der Waals surface area contributed by atoms with E-state index in [4.69, 9.17) is 9.97 Å². The molecule has 0 radical (unpaired) electrons. The van der Waals surface area contributed by atoms with Crippen molar-refractivity contribution >= 4 is 54.4 Å². The number of nitrogens with zero attached hydrogens (tertiary/aromatic N) is 14. The van der Waals surface area contributed by atoms with Gasteiger partial charge in [-0.2, -0.15) is 42.1 Å². The number of pyridine rings is 2. The van der Waals surface area contributed by atoms with Crippen LogP contribution in [0.15, 0.2) is 35.7 Å². The average Bonchev–Trinajstić information content (AvgIpc) is 3.63. The molecule has 5 aromatic heterocycles. The normalized spacial score (nSPS) is 11.5. The van der Waals surface area contributed by atoms with Gasteiger partial charge in [0.05, 0.1) is 48.7 Å². The molecule has 15 heteroatoms. The molecule has 0 saturated carbocycles. The quantitative estimate of drug-likeness (QED) is 0.252. The Bertz CT molecular complexity index is 2630. The van der Waals surface area contributed by atoms with Gasteiger partial charge in [-0.15, -0.1) is 11.3 Å². The summed E-state index contributed by atoms with van der Waals surface area (Å²) in [6.07, 6.45) is 0. The molecule has 0 fully saturated rings. The van der Waals surface area contributed by atoms with E-state index in [2.05, 4.69) is 19.9 Å². The molecule has 47 heavy (non-hydrogen) atoms. The minimum atomic E-state index is -0.389. The fourth-order valence-electron chi connectivity index (χ4n) is 4.99. The van der Waals surface area contributed by atoms with Gasteiger partial charge in [0.2, 0.25) is 11.6 Å². The zero-order valence-corrected chi connectivity index (χ0v) is 23.9. The maximum Gasteiger partial charge on any atom is 0.234 e. The van der Waals surface area contributed by atoms with E-state index < -0.39 is 0 Å². The summed E-state index contributed by atoms with van der Waals surface area (Å²) in [4.78, 5) is 25.0. The number of fused-ring (bicyclic) bond motifs is 6. The van der Waals surface area contributed by atoms with Gasteiger partial charge in [-0.3, -0.25) is 0 Å². The fraction of sp³-hybridized carbons (Fsp3) is 0. The van der Waals surface area contributed by atoms with E-state index in [0.29, 0.717) is 31.9 Å². The SMILES string of the molecule is N#C/C(c1c(C#N)nc(C#N)nc1C#N)=c1/ccc2c3cc/c(=C(\C#N)c4c(C#N)nc(C#N)nc4C#N)nc3c3ccsc3c2n1. The number of aromatic nitrogens is 6. The van der Waals surface area contributed by atoms with Crippen molar-refractivity contribution in [1.29, 1.82) is 42.1 Å². The van der Waals surface area contributed by atoms with Crippen LogP contribution >= 0.6 is 11.3 Å².